The number of hydrogen-bond donors (Lipinski definition) is 2. The lowest BCUT2D eigenvalue weighted by Gasteiger charge is -2.18. The molecule has 1 unspecified atom stereocenters. The van der Waals surface area contributed by atoms with E-state index in [1.807, 2.05) is 31.2 Å². The number of amides is 2. The molecule has 0 bridgehead atoms. The highest BCUT2D eigenvalue weighted by Gasteiger charge is 2.10. The molecule has 0 aliphatic heterocycles. The van der Waals surface area contributed by atoms with Crippen LogP contribution in [0.1, 0.15) is 31.4 Å². The maximum atomic E-state index is 12.0. The minimum Gasteiger partial charge on any atom is -0.469 e. The van der Waals surface area contributed by atoms with Gasteiger partial charge >= 0.3 is 12.0 Å². The van der Waals surface area contributed by atoms with Gasteiger partial charge in [-0.25, -0.2) is 4.79 Å². The summed E-state index contributed by atoms with van der Waals surface area (Å²) >= 11 is 0. The lowest BCUT2D eigenvalue weighted by atomic mass is 10.1. The maximum absolute atomic E-state index is 12.0. The Morgan fingerprint density at radius 1 is 1.33 bits per heavy atom. The highest BCUT2D eigenvalue weighted by molar-refractivity contribution is 5.89. The highest BCUT2D eigenvalue weighted by Crippen LogP contribution is 2.14. The van der Waals surface area contributed by atoms with Crippen LogP contribution in [0, 0.1) is 0 Å². The Morgan fingerprint density at radius 2 is 1.95 bits per heavy atom. The SMILES string of the molecule is COC(=O)CCCN(C)C(=O)Nc1ccc(C(C)N)cc1. The smallest absolute Gasteiger partial charge is 0.321 e. The monoisotopic (exact) mass is 293 g/mol. The molecule has 1 aromatic carbocycles. The molecule has 116 valence electrons. The Hall–Kier alpha value is -2.08. The first-order valence-electron chi connectivity index (χ1n) is 6.88. The van der Waals surface area contributed by atoms with Crippen molar-refractivity contribution in [2.45, 2.75) is 25.8 Å². The number of rotatable bonds is 6. The fraction of sp³-hybridized carbons (Fsp3) is 0.467. The maximum Gasteiger partial charge on any atom is 0.321 e. The average molecular weight is 293 g/mol. The first kappa shape index (κ1) is 17.0. The zero-order chi connectivity index (χ0) is 15.8. The molecule has 0 aliphatic rings. The predicted molar refractivity (Wildman–Crippen MR) is 81.9 cm³/mol. The van der Waals surface area contributed by atoms with Gasteiger partial charge in [-0.15, -0.1) is 0 Å². The van der Waals surface area contributed by atoms with Gasteiger partial charge in [0.05, 0.1) is 7.11 Å². The molecular weight excluding hydrogens is 270 g/mol. The van der Waals surface area contributed by atoms with Gasteiger partial charge in [-0.3, -0.25) is 4.79 Å². The Balaban J connectivity index is 2.43. The van der Waals surface area contributed by atoms with Crippen molar-refractivity contribution in [3.05, 3.63) is 29.8 Å². The van der Waals surface area contributed by atoms with Crippen molar-refractivity contribution in [3.63, 3.8) is 0 Å². The summed E-state index contributed by atoms with van der Waals surface area (Å²) in [7, 11) is 3.04. The van der Waals surface area contributed by atoms with Gasteiger partial charge in [0, 0.05) is 31.7 Å². The molecule has 0 radical (unpaired) electrons. The summed E-state index contributed by atoms with van der Waals surface area (Å²) in [5, 5.41) is 2.79. The quantitative estimate of drug-likeness (QED) is 0.787. The lowest BCUT2D eigenvalue weighted by Crippen LogP contribution is -2.32. The number of anilines is 1. The number of ether oxygens (including phenoxy) is 1. The van der Waals surface area contributed by atoms with E-state index >= 15 is 0 Å². The third-order valence-electron chi connectivity index (χ3n) is 3.14. The number of nitrogens with zero attached hydrogens (tertiary/aromatic N) is 1. The first-order valence-corrected chi connectivity index (χ1v) is 6.88. The number of urea groups is 1. The van der Waals surface area contributed by atoms with Gasteiger partial charge in [-0.05, 0) is 31.0 Å². The van der Waals surface area contributed by atoms with Crippen LogP contribution in [0.5, 0.6) is 0 Å². The molecule has 0 saturated heterocycles. The Kier molecular flexibility index (Phi) is 6.68. The second-order valence-corrected chi connectivity index (χ2v) is 4.94. The minimum atomic E-state index is -0.268. The normalized spacial score (nSPS) is 11.6. The Morgan fingerprint density at radius 3 is 2.48 bits per heavy atom. The lowest BCUT2D eigenvalue weighted by molar-refractivity contribution is -0.140. The largest absolute Gasteiger partial charge is 0.469 e. The Bertz CT molecular complexity index is 472. The van der Waals surface area contributed by atoms with Crippen LogP contribution in [-0.2, 0) is 9.53 Å². The van der Waals surface area contributed by atoms with E-state index in [0.29, 0.717) is 25.1 Å². The summed E-state index contributed by atoms with van der Waals surface area (Å²) in [6, 6.07) is 7.16. The number of carbonyl (C=O) groups excluding carboxylic acids is 2. The number of hydrogen-bond acceptors (Lipinski definition) is 4. The molecule has 6 nitrogen and oxygen atoms in total. The summed E-state index contributed by atoms with van der Waals surface area (Å²) in [6.45, 7) is 2.39. The zero-order valence-electron chi connectivity index (χ0n) is 12.8. The van der Waals surface area contributed by atoms with Gasteiger partial charge in [0.1, 0.15) is 0 Å². The van der Waals surface area contributed by atoms with E-state index < -0.39 is 0 Å². The number of carbonyl (C=O) groups is 2. The van der Waals surface area contributed by atoms with Crippen LogP contribution in [0.15, 0.2) is 24.3 Å². The van der Waals surface area contributed by atoms with Crippen molar-refractivity contribution in [3.8, 4) is 0 Å². The van der Waals surface area contributed by atoms with E-state index in [9.17, 15) is 9.59 Å². The average Bonchev–Trinajstić information content (AvgIpc) is 2.47. The van der Waals surface area contributed by atoms with Crippen molar-refractivity contribution in [1.82, 2.24) is 4.90 Å². The van der Waals surface area contributed by atoms with Gasteiger partial charge in [0.2, 0.25) is 0 Å². The Labute approximate surface area is 125 Å². The topological polar surface area (TPSA) is 84.7 Å². The molecule has 3 N–H and O–H groups in total. The van der Waals surface area contributed by atoms with Gasteiger partial charge in [0.15, 0.2) is 0 Å². The molecule has 0 aromatic heterocycles. The van der Waals surface area contributed by atoms with Gasteiger partial charge in [-0.2, -0.15) is 0 Å². The third kappa shape index (κ3) is 5.83. The molecule has 1 atom stereocenters. The van der Waals surface area contributed by atoms with Crippen LogP contribution in [0.3, 0.4) is 0 Å². The van der Waals surface area contributed by atoms with Crippen molar-refractivity contribution < 1.29 is 14.3 Å². The molecule has 0 saturated carbocycles. The molecule has 21 heavy (non-hydrogen) atoms. The van der Waals surface area contributed by atoms with Gasteiger partial charge in [0.25, 0.3) is 0 Å². The van der Waals surface area contributed by atoms with Crippen LogP contribution >= 0.6 is 0 Å². The molecule has 2 amide bonds. The first-order chi connectivity index (χ1) is 9.93. The highest BCUT2D eigenvalue weighted by atomic mass is 16.5. The van der Waals surface area contributed by atoms with E-state index in [1.165, 1.54) is 12.0 Å². The second kappa shape index (κ2) is 8.26. The number of methoxy groups -OCH3 is 1. The molecule has 1 aromatic rings. The van der Waals surface area contributed by atoms with Crippen molar-refractivity contribution in [1.29, 1.82) is 0 Å². The molecule has 0 heterocycles. The van der Waals surface area contributed by atoms with E-state index in [1.54, 1.807) is 7.05 Å². The second-order valence-electron chi connectivity index (χ2n) is 4.94. The molecule has 6 heteroatoms. The minimum absolute atomic E-state index is 0.0317. The summed E-state index contributed by atoms with van der Waals surface area (Å²) in [6.07, 6.45) is 0.872. The van der Waals surface area contributed by atoms with Gasteiger partial charge in [-0.1, -0.05) is 12.1 Å². The van der Waals surface area contributed by atoms with Crippen molar-refractivity contribution >= 4 is 17.7 Å². The number of nitrogens with two attached hydrogens (primary N) is 1. The van der Waals surface area contributed by atoms with Crippen LogP contribution in [0.25, 0.3) is 0 Å². The van der Waals surface area contributed by atoms with Gasteiger partial charge < -0.3 is 20.7 Å². The van der Waals surface area contributed by atoms with Crippen LogP contribution in [0.4, 0.5) is 10.5 Å². The summed E-state index contributed by atoms with van der Waals surface area (Å²) in [4.78, 5) is 24.5. The number of benzene rings is 1. The summed E-state index contributed by atoms with van der Waals surface area (Å²) < 4.78 is 4.55. The molecule has 0 aliphatic carbocycles. The molecule has 0 fully saturated rings. The van der Waals surface area contributed by atoms with Crippen molar-refractivity contribution in [2.75, 3.05) is 26.0 Å². The van der Waals surface area contributed by atoms with E-state index in [-0.39, 0.29) is 18.0 Å². The molecular formula is C15H23N3O3. The number of nitrogens with one attached hydrogen (secondary N) is 1. The van der Waals surface area contributed by atoms with E-state index in [4.69, 9.17) is 5.73 Å². The summed E-state index contributed by atoms with van der Waals surface area (Å²) in [5.74, 6) is -0.268. The van der Waals surface area contributed by atoms with Crippen LogP contribution in [0.2, 0.25) is 0 Å². The number of esters is 1. The van der Waals surface area contributed by atoms with Crippen LogP contribution in [-0.4, -0.2) is 37.6 Å². The predicted octanol–water partition coefficient (Wildman–Crippen LogP) is 2.12. The molecule has 1 rings (SSSR count). The van der Waals surface area contributed by atoms with Crippen LogP contribution < -0.4 is 11.1 Å². The zero-order valence-corrected chi connectivity index (χ0v) is 12.8. The van der Waals surface area contributed by atoms with E-state index in [2.05, 4.69) is 10.1 Å². The fourth-order valence-corrected chi connectivity index (χ4v) is 1.75. The van der Waals surface area contributed by atoms with E-state index in [0.717, 1.165) is 5.56 Å². The summed E-state index contributed by atoms with van der Waals surface area (Å²) in [5.41, 5.74) is 7.50. The van der Waals surface area contributed by atoms with Crippen molar-refractivity contribution in [2.24, 2.45) is 5.73 Å². The fourth-order valence-electron chi connectivity index (χ4n) is 1.75. The third-order valence-corrected chi connectivity index (χ3v) is 3.14. The molecule has 0 spiro atoms. The standard InChI is InChI=1S/C15H23N3O3/c1-11(16)12-6-8-13(9-7-12)17-15(20)18(2)10-4-5-14(19)21-3/h6-9,11H,4-5,10,16H2,1-3H3,(H,17,20).